The second kappa shape index (κ2) is 4.21. The highest BCUT2D eigenvalue weighted by molar-refractivity contribution is 5.38. The summed E-state index contributed by atoms with van der Waals surface area (Å²) in [5, 5.41) is 0. The van der Waals surface area contributed by atoms with Crippen molar-refractivity contribution in [3.8, 4) is 0 Å². The van der Waals surface area contributed by atoms with Gasteiger partial charge in [0.25, 0.3) is 0 Å². The van der Waals surface area contributed by atoms with Gasteiger partial charge in [-0.25, -0.2) is 9.37 Å². The van der Waals surface area contributed by atoms with Crippen molar-refractivity contribution in [1.82, 2.24) is 9.97 Å². The zero-order valence-electron chi connectivity index (χ0n) is 8.66. The van der Waals surface area contributed by atoms with Crippen molar-refractivity contribution in [2.45, 2.75) is 13.8 Å². The van der Waals surface area contributed by atoms with Gasteiger partial charge in [0.2, 0.25) is 5.95 Å². The van der Waals surface area contributed by atoms with E-state index in [1.54, 1.807) is 0 Å². The fourth-order valence-electron chi connectivity index (χ4n) is 1.18. The van der Waals surface area contributed by atoms with Crippen molar-refractivity contribution in [1.29, 1.82) is 0 Å². The molecule has 0 aliphatic rings. The van der Waals surface area contributed by atoms with Crippen LogP contribution in [0, 0.1) is 11.7 Å². The number of rotatable bonds is 3. The molecule has 2 N–H and O–H groups in total. The van der Waals surface area contributed by atoms with E-state index < -0.39 is 5.82 Å². The summed E-state index contributed by atoms with van der Waals surface area (Å²) in [6.07, 6.45) is 1.09. The van der Waals surface area contributed by atoms with Crippen molar-refractivity contribution >= 4 is 11.8 Å². The van der Waals surface area contributed by atoms with Gasteiger partial charge < -0.3 is 10.6 Å². The Bertz CT molecular complexity index is 314. The molecule has 0 spiro atoms. The Kier molecular flexibility index (Phi) is 3.22. The molecule has 0 radical (unpaired) electrons. The fourth-order valence-corrected chi connectivity index (χ4v) is 1.18. The normalized spacial score (nSPS) is 10.6. The number of halogens is 1. The molecule has 5 heteroatoms. The van der Waals surface area contributed by atoms with Gasteiger partial charge in [0.15, 0.2) is 11.6 Å². The molecule has 4 nitrogen and oxygen atoms in total. The van der Waals surface area contributed by atoms with Crippen LogP contribution < -0.4 is 10.6 Å². The van der Waals surface area contributed by atoms with Crippen LogP contribution in [0.4, 0.5) is 16.2 Å². The summed E-state index contributed by atoms with van der Waals surface area (Å²) in [6, 6.07) is 0. The van der Waals surface area contributed by atoms with Gasteiger partial charge >= 0.3 is 0 Å². The fraction of sp³-hybridized carbons (Fsp3) is 0.556. The molecule has 0 aliphatic heterocycles. The third kappa shape index (κ3) is 2.55. The average Bonchev–Trinajstić information content (AvgIpc) is 2.08. The maximum atomic E-state index is 12.8. The van der Waals surface area contributed by atoms with Crippen LogP contribution in [0.15, 0.2) is 6.20 Å². The third-order valence-electron chi connectivity index (χ3n) is 1.74. The zero-order chi connectivity index (χ0) is 10.7. The molecule has 1 rings (SSSR count). The second-order valence-electron chi connectivity index (χ2n) is 3.68. The molecule has 0 aromatic carbocycles. The highest BCUT2D eigenvalue weighted by Crippen LogP contribution is 2.11. The van der Waals surface area contributed by atoms with Gasteiger partial charge in [-0.05, 0) is 5.92 Å². The number of nitrogens with zero attached hydrogens (tertiary/aromatic N) is 3. The molecule has 0 fully saturated rings. The van der Waals surface area contributed by atoms with Gasteiger partial charge in [-0.15, -0.1) is 0 Å². The highest BCUT2D eigenvalue weighted by atomic mass is 19.1. The lowest BCUT2D eigenvalue weighted by Crippen LogP contribution is -2.24. The standard InChI is InChI=1S/C9H15FN4/c1-6(2)5-14(3)9-12-4-7(10)8(11)13-9/h4,6H,5H2,1-3H3,(H2,11,12,13). The van der Waals surface area contributed by atoms with Crippen LogP contribution in [0.5, 0.6) is 0 Å². The van der Waals surface area contributed by atoms with Crippen molar-refractivity contribution < 1.29 is 4.39 Å². The topological polar surface area (TPSA) is 55.0 Å². The first-order valence-corrected chi connectivity index (χ1v) is 4.50. The predicted octanol–water partition coefficient (Wildman–Crippen LogP) is 1.29. The van der Waals surface area contributed by atoms with Crippen molar-refractivity contribution in [2.75, 3.05) is 24.2 Å². The first-order chi connectivity index (χ1) is 6.50. The number of hydrogen-bond acceptors (Lipinski definition) is 4. The van der Waals surface area contributed by atoms with E-state index in [1.165, 1.54) is 0 Å². The summed E-state index contributed by atoms with van der Waals surface area (Å²) in [5.41, 5.74) is 5.34. The van der Waals surface area contributed by atoms with Crippen LogP contribution in [-0.2, 0) is 0 Å². The van der Waals surface area contributed by atoms with Crippen LogP contribution in [0.25, 0.3) is 0 Å². The lowest BCUT2D eigenvalue weighted by atomic mass is 10.2. The molecule has 0 unspecified atom stereocenters. The highest BCUT2D eigenvalue weighted by Gasteiger charge is 2.08. The average molecular weight is 198 g/mol. The Hall–Kier alpha value is -1.39. The van der Waals surface area contributed by atoms with Crippen molar-refractivity contribution in [3.63, 3.8) is 0 Å². The lowest BCUT2D eigenvalue weighted by Gasteiger charge is -2.19. The number of nitrogen functional groups attached to an aromatic ring is 1. The van der Waals surface area contributed by atoms with Gasteiger partial charge in [-0.1, -0.05) is 13.8 Å². The minimum Gasteiger partial charge on any atom is -0.381 e. The predicted molar refractivity (Wildman–Crippen MR) is 54.5 cm³/mol. The van der Waals surface area contributed by atoms with E-state index in [4.69, 9.17) is 5.73 Å². The number of aromatic nitrogens is 2. The van der Waals surface area contributed by atoms with Crippen LogP contribution in [0.2, 0.25) is 0 Å². The molecule has 0 atom stereocenters. The van der Waals surface area contributed by atoms with E-state index >= 15 is 0 Å². The SMILES string of the molecule is CC(C)CN(C)c1ncc(F)c(N)n1. The number of hydrogen-bond donors (Lipinski definition) is 1. The minimum absolute atomic E-state index is 0.106. The Morgan fingerprint density at radius 2 is 2.21 bits per heavy atom. The smallest absolute Gasteiger partial charge is 0.227 e. The molecule has 14 heavy (non-hydrogen) atoms. The van der Waals surface area contributed by atoms with E-state index in [-0.39, 0.29) is 5.82 Å². The van der Waals surface area contributed by atoms with Gasteiger partial charge in [0.05, 0.1) is 6.20 Å². The summed E-state index contributed by atoms with van der Waals surface area (Å²) in [5.74, 6) is 0.268. The van der Waals surface area contributed by atoms with Gasteiger partial charge in [0.1, 0.15) is 0 Å². The zero-order valence-corrected chi connectivity index (χ0v) is 8.66. The summed E-state index contributed by atoms with van der Waals surface area (Å²) < 4.78 is 12.8. The van der Waals surface area contributed by atoms with Gasteiger partial charge in [-0.3, -0.25) is 0 Å². The largest absolute Gasteiger partial charge is 0.381 e. The van der Waals surface area contributed by atoms with Crippen LogP contribution in [-0.4, -0.2) is 23.6 Å². The molecular formula is C9H15FN4. The van der Waals surface area contributed by atoms with Gasteiger partial charge in [-0.2, -0.15) is 4.98 Å². The molecule has 1 aromatic rings. The summed E-state index contributed by atoms with van der Waals surface area (Å²) in [6.45, 7) is 4.98. The summed E-state index contributed by atoms with van der Waals surface area (Å²) in [7, 11) is 1.85. The monoisotopic (exact) mass is 198 g/mol. The molecule has 0 saturated carbocycles. The quantitative estimate of drug-likeness (QED) is 0.795. The van der Waals surface area contributed by atoms with Gasteiger partial charge in [0, 0.05) is 13.6 Å². The van der Waals surface area contributed by atoms with Crippen LogP contribution >= 0.6 is 0 Å². The third-order valence-corrected chi connectivity index (χ3v) is 1.74. The molecule has 78 valence electrons. The first-order valence-electron chi connectivity index (χ1n) is 4.50. The molecule has 0 amide bonds. The minimum atomic E-state index is -0.577. The van der Waals surface area contributed by atoms with E-state index in [2.05, 4.69) is 23.8 Å². The lowest BCUT2D eigenvalue weighted by molar-refractivity contribution is 0.608. The molecule has 0 bridgehead atoms. The maximum absolute atomic E-state index is 12.8. The van der Waals surface area contributed by atoms with E-state index in [9.17, 15) is 4.39 Å². The second-order valence-corrected chi connectivity index (χ2v) is 3.68. The molecule has 0 aliphatic carbocycles. The molecule has 0 saturated heterocycles. The van der Waals surface area contributed by atoms with Crippen molar-refractivity contribution in [2.24, 2.45) is 5.92 Å². The molecule has 1 heterocycles. The number of anilines is 2. The van der Waals surface area contributed by atoms with E-state index in [1.807, 2.05) is 11.9 Å². The Morgan fingerprint density at radius 3 is 2.71 bits per heavy atom. The Morgan fingerprint density at radius 1 is 1.57 bits per heavy atom. The summed E-state index contributed by atoms with van der Waals surface area (Å²) in [4.78, 5) is 9.54. The Balaban J connectivity index is 2.80. The summed E-state index contributed by atoms with van der Waals surface area (Å²) >= 11 is 0. The molecular weight excluding hydrogens is 183 g/mol. The maximum Gasteiger partial charge on any atom is 0.227 e. The number of nitrogens with two attached hydrogens (primary N) is 1. The first kappa shape index (κ1) is 10.7. The van der Waals surface area contributed by atoms with Crippen LogP contribution in [0.3, 0.4) is 0 Å². The van der Waals surface area contributed by atoms with Crippen LogP contribution in [0.1, 0.15) is 13.8 Å². The van der Waals surface area contributed by atoms with Crippen molar-refractivity contribution in [3.05, 3.63) is 12.0 Å². The van der Waals surface area contributed by atoms with E-state index in [0.29, 0.717) is 11.9 Å². The Labute approximate surface area is 83.0 Å². The molecule has 1 aromatic heterocycles. The van der Waals surface area contributed by atoms with E-state index in [0.717, 1.165) is 12.7 Å².